The standard InChI is InChI=1S/C20H13ClN2OS/c21-15-7-5-13(6-8-15)20-22-11-17(14-9-10-25-12-14)19(23-20)16-3-1-2-4-18(16)24/h1-12,24H. The van der Waals surface area contributed by atoms with Crippen molar-refractivity contribution in [2.45, 2.75) is 0 Å². The van der Waals surface area contributed by atoms with E-state index in [0.29, 0.717) is 22.1 Å². The average Bonchev–Trinajstić information content (AvgIpc) is 3.17. The Morgan fingerprint density at radius 1 is 0.880 bits per heavy atom. The van der Waals surface area contributed by atoms with E-state index in [4.69, 9.17) is 16.6 Å². The first-order chi connectivity index (χ1) is 12.2. The summed E-state index contributed by atoms with van der Waals surface area (Å²) in [6.45, 7) is 0. The molecule has 0 spiro atoms. The molecule has 2 aromatic heterocycles. The molecule has 25 heavy (non-hydrogen) atoms. The van der Waals surface area contributed by atoms with Crippen molar-refractivity contribution in [3.8, 4) is 39.5 Å². The fourth-order valence-corrected chi connectivity index (χ4v) is 3.41. The van der Waals surface area contributed by atoms with E-state index in [1.165, 1.54) is 0 Å². The van der Waals surface area contributed by atoms with E-state index in [0.717, 1.165) is 16.7 Å². The molecule has 0 saturated carbocycles. The van der Waals surface area contributed by atoms with Crippen molar-refractivity contribution in [1.82, 2.24) is 9.97 Å². The molecule has 1 N–H and O–H groups in total. The van der Waals surface area contributed by atoms with Gasteiger partial charge in [0, 0.05) is 27.9 Å². The number of hydrogen-bond acceptors (Lipinski definition) is 4. The zero-order chi connectivity index (χ0) is 17.2. The number of thiophene rings is 1. The molecule has 0 aliphatic rings. The minimum atomic E-state index is 0.194. The molecule has 2 heterocycles. The van der Waals surface area contributed by atoms with Gasteiger partial charge >= 0.3 is 0 Å². The lowest BCUT2D eigenvalue weighted by Crippen LogP contribution is -1.95. The predicted octanol–water partition coefficient (Wildman–Crippen LogP) is 5.90. The highest BCUT2D eigenvalue weighted by molar-refractivity contribution is 7.08. The molecule has 3 nitrogen and oxygen atoms in total. The molecule has 0 amide bonds. The van der Waals surface area contributed by atoms with Crippen molar-refractivity contribution in [2.75, 3.05) is 0 Å². The summed E-state index contributed by atoms with van der Waals surface area (Å²) < 4.78 is 0. The van der Waals surface area contributed by atoms with Gasteiger partial charge in [0.1, 0.15) is 5.75 Å². The first kappa shape index (κ1) is 15.8. The van der Waals surface area contributed by atoms with E-state index in [1.54, 1.807) is 29.7 Å². The maximum Gasteiger partial charge on any atom is 0.159 e. The molecule has 4 rings (SSSR count). The molecule has 0 saturated heterocycles. The number of benzene rings is 2. The number of halogens is 1. The maximum atomic E-state index is 10.3. The Bertz CT molecular complexity index is 1010. The Kier molecular flexibility index (Phi) is 4.22. The van der Waals surface area contributed by atoms with Gasteiger partial charge in [-0.05, 0) is 58.8 Å². The van der Waals surface area contributed by atoms with Crippen molar-refractivity contribution >= 4 is 22.9 Å². The summed E-state index contributed by atoms with van der Waals surface area (Å²) >= 11 is 7.58. The van der Waals surface area contributed by atoms with Crippen LogP contribution in [0.5, 0.6) is 5.75 Å². The summed E-state index contributed by atoms with van der Waals surface area (Å²) in [5.74, 6) is 0.786. The number of para-hydroxylation sites is 1. The zero-order valence-corrected chi connectivity index (χ0v) is 14.6. The van der Waals surface area contributed by atoms with Gasteiger partial charge in [0.15, 0.2) is 5.82 Å². The summed E-state index contributed by atoms with van der Waals surface area (Å²) in [6, 6.07) is 16.6. The lowest BCUT2D eigenvalue weighted by Gasteiger charge is -2.11. The third kappa shape index (κ3) is 3.14. The molecule has 5 heteroatoms. The first-order valence-corrected chi connectivity index (χ1v) is 8.98. The van der Waals surface area contributed by atoms with Crippen molar-refractivity contribution in [3.05, 3.63) is 76.6 Å². The number of rotatable bonds is 3. The van der Waals surface area contributed by atoms with Crippen molar-refractivity contribution in [2.24, 2.45) is 0 Å². The summed E-state index contributed by atoms with van der Waals surface area (Å²) in [4.78, 5) is 9.27. The van der Waals surface area contributed by atoms with Gasteiger partial charge in [-0.1, -0.05) is 23.7 Å². The minimum Gasteiger partial charge on any atom is -0.507 e. The quantitative estimate of drug-likeness (QED) is 0.492. The molecule has 0 radical (unpaired) electrons. The van der Waals surface area contributed by atoms with Gasteiger partial charge in [0.2, 0.25) is 0 Å². The molecular weight excluding hydrogens is 352 g/mol. The third-order valence-corrected chi connectivity index (χ3v) is 4.82. The highest BCUT2D eigenvalue weighted by Gasteiger charge is 2.15. The van der Waals surface area contributed by atoms with Gasteiger partial charge in [-0.2, -0.15) is 11.3 Å². The maximum absolute atomic E-state index is 10.3. The summed E-state index contributed by atoms with van der Waals surface area (Å²) in [7, 11) is 0. The van der Waals surface area contributed by atoms with E-state index in [-0.39, 0.29) is 5.75 Å². The summed E-state index contributed by atoms with van der Waals surface area (Å²) in [5.41, 5.74) is 4.18. The van der Waals surface area contributed by atoms with Gasteiger partial charge < -0.3 is 5.11 Å². The summed E-state index contributed by atoms with van der Waals surface area (Å²) in [6.07, 6.45) is 1.81. The fourth-order valence-electron chi connectivity index (χ4n) is 2.63. The molecule has 0 atom stereocenters. The predicted molar refractivity (Wildman–Crippen MR) is 103 cm³/mol. The van der Waals surface area contributed by atoms with E-state index < -0.39 is 0 Å². The van der Waals surface area contributed by atoms with Gasteiger partial charge in [0.25, 0.3) is 0 Å². The number of hydrogen-bond donors (Lipinski definition) is 1. The lowest BCUT2D eigenvalue weighted by molar-refractivity contribution is 0.477. The number of aromatic nitrogens is 2. The number of nitrogens with zero attached hydrogens (tertiary/aromatic N) is 2. The Morgan fingerprint density at radius 3 is 2.40 bits per heavy atom. The largest absolute Gasteiger partial charge is 0.507 e. The topological polar surface area (TPSA) is 46.0 Å². The number of phenolic OH excluding ortho intramolecular Hbond substituents is 1. The average molecular weight is 365 g/mol. The molecule has 0 aliphatic heterocycles. The highest BCUT2D eigenvalue weighted by Crippen LogP contribution is 2.36. The van der Waals surface area contributed by atoms with Crippen molar-refractivity contribution in [3.63, 3.8) is 0 Å². The monoisotopic (exact) mass is 364 g/mol. The number of aromatic hydroxyl groups is 1. The van der Waals surface area contributed by atoms with Crippen LogP contribution in [0.15, 0.2) is 71.6 Å². The second-order valence-electron chi connectivity index (χ2n) is 5.49. The van der Waals surface area contributed by atoms with Crippen LogP contribution in [0.25, 0.3) is 33.8 Å². The van der Waals surface area contributed by atoms with E-state index in [1.807, 2.05) is 53.2 Å². The van der Waals surface area contributed by atoms with Crippen LogP contribution < -0.4 is 0 Å². The molecule has 0 fully saturated rings. The van der Waals surface area contributed by atoms with Crippen LogP contribution in [0.4, 0.5) is 0 Å². The van der Waals surface area contributed by atoms with Crippen molar-refractivity contribution < 1.29 is 5.11 Å². The van der Waals surface area contributed by atoms with Gasteiger partial charge in [-0.25, -0.2) is 9.97 Å². The van der Waals surface area contributed by atoms with Crippen LogP contribution in [0, 0.1) is 0 Å². The molecular formula is C20H13ClN2OS. The molecule has 0 bridgehead atoms. The first-order valence-electron chi connectivity index (χ1n) is 7.66. The number of phenols is 1. The normalized spacial score (nSPS) is 10.8. The Hall–Kier alpha value is -2.69. The van der Waals surface area contributed by atoms with E-state index >= 15 is 0 Å². The highest BCUT2D eigenvalue weighted by atomic mass is 35.5. The second-order valence-corrected chi connectivity index (χ2v) is 6.71. The molecule has 2 aromatic carbocycles. The van der Waals surface area contributed by atoms with E-state index in [9.17, 15) is 5.11 Å². The zero-order valence-electron chi connectivity index (χ0n) is 13.1. The molecule has 122 valence electrons. The smallest absolute Gasteiger partial charge is 0.159 e. The summed E-state index contributed by atoms with van der Waals surface area (Å²) in [5, 5.41) is 15.0. The van der Waals surface area contributed by atoms with Crippen LogP contribution in [0.3, 0.4) is 0 Å². The fraction of sp³-hybridized carbons (Fsp3) is 0. The van der Waals surface area contributed by atoms with Gasteiger partial charge in [-0.3, -0.25) is 0 Å². The van der Waals surface area contributed by atoms with Crippen molar-refractivity contribution in [1.29, 1.82) is 0 Å². The van der Waals surface area contributed by atoms with Crippen LogP contribution in [-0.2, 0) is 0 Å². The van der Waals surface area contributed by atoms with Crippen LogP contribution >= 0.6 is 22.9 Å². The Morgan fingerprint density at radius 2 is 1.68 bits per heavy atom. The molecule has 0 unspecified atom stereocenters. The minimum absolute atomic E-state index is 0.194. The molecule has 0 aliphatic carbocycles. The Balaban J connectivity index is 1.93. The lowest BCUT2D eigenvalue weighted by atomic mass is 10.0. The van der Waals surface area contributed by atoms with Gasteiger partial charge in [0.05, 0.1) is 5.69 Å². The van der Waals surface area contributed by atoms with Crippen LogP contribution in [0.2, 0.25) is 5.02 Å². The molecule has 4 aromatic rings. The van der Waals surface area contributed by atoms with Crippen LogP contribution in [0.1, 0.15) is 0 Å². The second kappa shape index (κ2) is 6.67. The Labute approximate surface area is 154 Å². The van der Waals surface area contributed by atoms with Crippen LogP contribution in [-0.4, -0.2) is 15.1 Å². The third-order valence-electron chi connectivity index (χ3n) is 3.88. The SMILES string of the molecule is Oc1ccccc1-c1nc(-c2ccc(Cl)cc2)ncc1-c1ccsc1. The van der Waals surface area contributed by atoms with E-state index in [2.05, 4.69) is 4.98 Å². The van der Waals surface area contributed by atoms with Gasteiger partial charge in [-0.15, -0.1) is 0 Å².